The quantitative estimate of drug-likeness (QED) is 0.753. The third-order valence-electron chi connectivity index (χ3n) is 3.53. The van der Waals surface area contributed by atoms with E-state index in [2.05, 4.69) is 44.7 Å². The fraction of sp³-hybridized carbons (Fsp3) is 1.00. The van der Waals surface area contributed by atoms with Crippen molar-refractivity contribution < 1.29 is 5.11 Å². The zero-order valence-corrected chi connectivity index (χ0v) is 10.8. The zero-order chi connectivity index (χ0) is 11.6. The fourth-order valence-electron chi connectivity index (χ4n) is 2.34. The first-order valence-corrected chi connectivity index (χ1v) is 5.98. The fourth-order valence-corrected chi connectivity index (χ4v) is 2.34. The summed E-state index contributed by atoms with van der Waals surface area (Å²) < 4.78 is 0. The number of hydrogen-bond acceptors (Lipinski definition) is 3. The van der Waals surface area contributed by atoms with Crippen molar-refractivity contribution in [2.24, 2.45) is 11.8 Å². The molecule has 0 aromatic heterocycles. The molecule has 1 saturated heterocycles. The van der Waals surface area contributed by atoms with Crippen LogP contribution in [0.15, 0.2) is 0 Å². The van der Waals surface area contributed by atoms with Gasteiger partial charge < -0.3 is 10.0 Å². The number of likely N-dealkylation sites (tertiary alicyclic amines) is 1. The Morgan fingerprint density at radius 1 is 1.33 bits per heavy atom. The molecule has 3 nitrogen and oxygen atoms in total. The smallest absolute Gasteiger partial charge is 0.0689 e. The summed E-state index contributed by atoms with van der Waals surface area (Å²) in [5.74, 6) is 1.07. The van der Waals surface area contributed by atoms with Gasteiger partial charge in [0.15, 0.2) is 0 Å². The molecule has 1 aliphatic heterocycles. The SMILES string of the molecule is CC(C)C(O)CN1CC(C)C(N(C)C)C1. The lowest BCUT2D eigenvalue weighted by Gasteiger charge is -2.24. The second-order valence-electron chi connectivity index (χ2n) is 5.54. The molecule has 0 radical (unpaired) electrons. The van der Waals surface area contributed by atoms with Crippen LogP contribution in [0.4, 0.5) is 0 Å². The third kappa shape index (κ3) is 3.44. The molecule has 0 aliphatic carbocycles. The van der Waals surface area contributed by atoms with Crippen molar-refractivity contribution in [3.63, 3.8) is 0 Å². The minimum Gasteiger partial charge on any atom is -0.392 e. The molecule has 1 fully saturated rings. The summed E-state index contributed by atoms with van der Waals surface area (Å²) in [4.78, 5) is 4.69. The van der Waals surface area contributed by atoms with Crippen molar-refractivity contribution >= 4 is 0 Å². The molecule has 0 aromatic carbocycles. The summed E-state index contributed by atoms with van der Waals surface area (Å²) in [5, 5.41) is 9.84. The number of nitrogens with zero attached hydrogens (tertiary/aromatic N) is 2. The van der Waals surface area contributed by atoms with Crippen LogP contribution in [0.5, 0.6) is 0 Å². The van der Waals surface area contributed by atoms with Gasteiger partial charge in [0.2, 0.25) is 0 Å². The normalized spacial score (nSPS) is 30.4. The van der Waals surface area contributed by atoms with E-state index in [-0.39, 0.29) is 6.10 Å². The lowest BCUT2D eigenvalue weighted by molar-refractivity contribution is 0.0827. The van der Waals surface area contributed by atoms with Gasteiger partial charge in [-0.05, 0) is 25.9 Å². The van der Waals surface area contributed by atoms with E-state index in [1.807, 2.05) is 0 Å². The zero-order valence-electron chi connectivity index (χ0n) is 10.8. The van der Waals surface area contributed by atoms with Crippen molar-refractivity contribution in [3.05, 3.63) is 0 Å². The summed E-state index contributed by atoms with van der Waals surface area (Å²) in [7, 11) is 4.28. The number of likely N-dealkylation sites (N-methyl/N-ethyl adjacent to an activating group) is 1. The molecule has 0 spiro atoms. The monoisotopic (exact) mass is 214 g/mol. The maximum atomic E-state index is 9.84. The van der Waals surface area contributed by atoms with E-state index in [0.717, 1.165) is 19.6 Å². The Balaban J connectivity index is 2.41. The molecule has 90 valence electrons. The van der Waals surface area contributed by atoms with Crippen molar-refractivity contribution in [2.45, 2.75) is 32.9 Å². The van der Waals surface area contributed by atoms with Gasteiger partial charge in [-0.15, -0.1) is 0 Å². The predicted molar refractivity (Wildman–Crippen MR) is 63.9 cm³/mol. The van der Waals surface area contributed by atoms with Gasteiger partial charge in [-0.2, -0.15) is 0 Å². The molecule has 1 aliphatic rings. The van der Waals surface area contributed by atoms with Gasteiger partial charge in [0.1, 0.15) is 0 Å². The highest BCUT2D eigenvalue weighted by Crippen LogP contribution is 2.20. The molecule has 0 saturated carbocycles. The number of aliphatic hydroxyl groups is 1. The van der Waals surface area contributed by atoms with Gasteiger partial charge in [-0.1, -0.05) is 20.8 Å². The Hall–Kier alpha value is -0.120. The predicted octanol–water partition coefficient (Wildman–Crippen LogP) is 0.885. The molecule has 1 rings (SSSR count). The number of hydrogen-bond donors (Lipinski definition) is 1. The average Bonchev–Trinajstić information content (AvgIpc) is 2.46. The lowest BCUT2D eigenvalue weighted by atomic mass is 10.1. The molecule has 0 amide bonds. The van der Waals surface area contributed by atoms with E-state index in [4.69, 9.17) is 0 Å². The van der Waals surface area contributed by atoms with Gasteiger partial charge in [-0.25, -0.2) is 0 Å². The molecule has 15 heavy (non-hydrogen) atoms. The standard InChI is InChI=1S/C12H26N2O/c1-9(2)12(15)8-14-6-10(3)11(7-14)13(4)5/h9-12,15H,6-8H2,1-5H3. The molecule has 0 bridgehead atoms. The Labute approximate surface area is 94.1 Å². The van der Waals surface area contributed by atoms with Crippen LogP contribution in [0.1, 0.15) is 20.8 Å². The second kappa shape index (κ2) is 5.28. The number of rotatable bonds is 4. The highest BCUT2D eigenvalue weighted by atomic mass is 16.3. The molecule has 3 unspecified atom stereocenters. The number of β-amino-alcohol motifs (C(OH)–C–C–N with tert-alkyl or cyclic N) is 1. The van der Waals surface area contributed by atoms with Crippen molar-refractivity contribution in [1.82, 2.24) is 9.80 Å². The van der Waals surface area contributed by atoms with Crippen molar-refractivity contribution in [2.75, 3.05) is 33.7 Å². The van der Waals surface area contributed by atoms with Crippen LogP contribution in [0.3, 0.4) is 0 Å². The van der Waals surface area contributed by atoms with Crippen molar-refractivity contribution in [3.8, 4) is 0 Å². The van der Waals surface area contributed by atoms with Crippen LogP contribution in [-0.2, 0) is 0 Å². The van der Waals surface area contributed by atoms with Crippen LogP contribution < -0.4 is 0 Å². The molecular formula is C12H26N2O. The first-order chi connectivity index (χ1) is 6.91. The van der Waals surface area contributed by atoms with Crippen LogP contribution >= 0.6 is 0 Å². The van der Waals surface area contributed by atoms with Gasteiger partial charge >= 0.3 is 0 Å². The Bertz CT molecular complexity index is 192. The molecule has 0 aromatic rings. The molecular weight excluding hydrogens is 188 g/mol. The van der Waals surface area contributed by atoms with E-state index in [9.17, 15) is 5.11 Å². The molecule has 3 atom stereocenters. The Morgan fingerprint density at radius 3 is 2.33 bits per heavy atom. The summed E-state index contributed by atoms with van der Waals surface area (Å²) >= 11 is 0. The first kappa shape index (κ1) is 12.9. The first-order valence-electron chi connectivity index (χ1n) is 5.98. The summed E-state index contributed by atoms with van der Waals surface area (Å²) in [5.41, 5.74) is 0. The lowest BCUT2D eigenvalue weighted by Crippen LogP contribution is -2.37. The van der Waals surface area contributed by atoms with Crippen LogP contribution in [0.2, 0.25) is 0 Å². The van der Waals surface area contributed by atoms with Gasteiger partial charge in [0, 0.05) is 25.7 Å². The topological polar surface area (TPSA) is 26.7 Å². The van der Waals surface area contributed by atoms with Gasteiger partial charge in [0.25, 0.3) is 0 Å². The van der Waals surface area contributed by atoms with E-state index in [0.29, 0.717) is 17.9 Å². The maximum Gasteiger partial charge on any atom is 0.0689 e. The van der Waals surface area contributed by atoms with E-state index >= 15 is 0 Å². The highest BCUT2D eigenvalue weighted by molar-refractivity contribution is 4.87. The van der Waals surface area contributed by atoms with Crippen molar-refractivity contribution in [1.29, 1.82) is 0 Å². The Kier molecular flexibility index (Phi) is 4.56. The summed E-state index contributed by atoms with van der Waals surface area (Å²) in [6.07, 6.45) is -0.182. The van der Waals surface area contributed by atoms with E-state index in [1.54, 1.807) is 0 Å². The van der Waals surface area contributed by atoms with Crippen LogP contribution in [0.25, 0.3) is 0 Å². The minimum absolute atomic E-state index is 0.182. The second-order valence-corrected chi connectivity index (χ2v) is 5.54. The van der Waals surface area contributed by atoms with Crippen LogP contribution in [-0.4, -0.2) is 60.8 Å². The third-order valence-corrected chi connectivity index (χ3v) is 3.53. The molecule has 3 heteroatoms. The largest absolute Gasteiger partial charge is 0.392 e. The number of aliphatic hydroxyl groups excluding tert-OH is 1. The molecule has 1 N–H and O–H groups in total. The van der Waals surface area contributed by atoms with Gasteiger partial charge in [-0.3, -0.25) is 4.90 Å². The van der Waals surface area contributed by atoms with E-state index < -0.39 is 0 Å². The molecule has 1 heterocycles. The summed E-state index contributed by atoms with van der Waals surface area (Å²) in [6.45, 7) is 9.49. The highest BCUT2D eigenvalue weighted by Gasteiger charge is 2.31. The minimum atomic E-state index is -0.182. The van der Waals surface area contributed by atoms with E-state index in [1.165, 1.54) is 0 Å². The average molecular weight is 214 g/mol. The Morgan fingerprint density at radius 2 is 1.93 bits per heavy atom. The maximum absolute atomic E-state index is 9.84. The van der Waals surface area contributed by atoms with Gasteiger partial charge in [0.05, 0.1) is 6.10 Å². The summed E-state index contributed by atoms with van der Waals surface area (Å²) in [6, 6.07) is 0.643. The van der Waals surface area contributed by atoms with Crippen LogP contribution in [0, 0.1) is 11.8 Å².